The molecule has 5 heteroatoms. The zero-order valence-electron chi connectivity index (χ0n) is 25.4. The third kappa shape index (κ3) is 4.15. The first-order chi connectivity index (χ1) is 19.1. The summed E-state index contributed by atoms with van der Waals surface area (Å²) in [5, 5.41) is 35.5. The Hall–Kier alpha value is -3.44. The van der Waals surface area contributed by atoms with Gasteiger partial charge in [-0.15, -0.1) is 0 Å². The second kappa shape index (κ2) is 9.55. The second-order valence-electron chi connectivity index (χ2n) is 13.6. The van der Waals surface area contributed by atoms with Crippen LogP contribution in [0.1, 0.15) is 93.7 Å². The van der Waals surface area contributed by atoms with E-state index >= 15 is 0 Å². The lowest BCUT2D eigenvalue weighted by molar-refractivity contribution is -0.171. The van der Waals surface area contributed by atoms with Gasteiger partial charge in [-0.05, 0) is 86.6 Å². The molecule has 0 amide bonds. The van der Waals surface area contributed by atoms with Gasteiger partial charge in [-0.2, -0.15) is 0 Å². The summed E-state index contributed by atoms with van der Waals surface area (Å²) in [5.41, 5.74) is 2.63. The van der Waals surface area contributed by atoms with Crippen molar-refractivity contribution in [3.63, 3.8) is 0 Å². The molecule has 1 fully saturated rings. The Morgan fingerprint density at radius 3 is 2.22 bits per heavy atom. The third-order valence-electron chi connectivity index (χ3n) is 9.86. The van der Waals surface area contributed by atoms with Gasteiger partial charge in [0.05, 0.1) is 5.56 Å². The van der Waals surface area contributed by atoms with Gasteiger partial charge in [0.2, 0.25) is 11.6 Å². The summed E-state index contributed by atoms with van der Waals surface area (Å²) in [6, 6.07) is 10.3. The molecule has 0 spiro atoms. The maximum atomic E-state index is 14.4. The highest BCUT2D eigenvalue weighted by molar-refractivity contribution is 6.27. The Morgan fingerprint density at radius 1 is 1.00 bits per heavy atom. The lowest BCUT2D eigenvalue weighted by Gasteiger charge is -2.57. The van der Waals surface area contributed by atoms with E-state index in [2.05, 4.69) is 44.7 Å². The zero-order valence-corrected chi connectivity index (χ0v) is 25.4. The third-order valence-corrected chi connectivity index (χ3v) is 9.86. The van der Waals surface area contributed by atoms with Crippen molar-refractivity contribution in [3.8, 4) is 5.75 Å². The second-order valence-corrected chi connectivity index (χ2v) is 13.6. The molecule has 2 aromatic carbocycles. The number of rotatable bonds is 5. The molecule has 216 valence electrons. The Morgan fingerprint density at radius 2 is 1.63 bits per heavy atom. The van der Waals surface area contributed by atoms with E-state index in [-0.39, 0.29) is 28.6 Å². The summed E-state index contributed by atoms with van der Waals surface area (Å²) >= 11 is 0. The van der Waals surface area contributed by atoms with Gasteiger partial charge in [0, 0.05) is 22.0 Å². The highest BCUT2D eigenvalue weighted by atomic mass is 16.3. The molecule has 3 atom stereocenters. The van der Waals surface area contributed by atoms with Crippen molar-refractivity contribution in [2.24, 2.45) is 10.8 Å². The Kier molecular flexibility index (Phi) is 6.77. The maximum Gasteiger partial charge on any atom is 0.203 e. The van der Waals surface area contributed by atoms with Gasteiger partial charge in [0.15, 0.2) is 5.60 Å². The van der Waals surface area contributed by atoms with Crippen molar-refractivity contribution in [1.82, 2.24) is 0 Å². The first-order valence-corrected chi connectivity index (χ1v) is 14.6. The fourth-order valence-electron chi connectivity index (χ4n) is 8.02. The first kappa shape index (κ1) is 29.1. The van der Waals surface area contributed by atoms with Crippen LogP contribution in [0, 0.1) is 17.8 Å². The van der Waals surface area contributed by atoms with E-state index in [0.29, 0.717) is 48.8 Å². The number of fused-ring (bicyclic) bond motifs is 3. The SMILES string of the molecule is C=C(C)C1=C(C)C[C@@]2(C)C[C@@]3(C)Cc4c(C(C)C)cc(CCc5ccc(C)cc5)c(O)c4C(O)=C3C(=O)[C@@]2(O)C1=O. The van der Waals surface area contributed by atoms with Crippen LogP contribution in [0.3, 0.4) is 0 Å². The summed E-state index contributed by atoms with van der Waals surface area (Å²) in [6.45, 7) is 17.5. The Balaban J connectivity index is 1.68. The van der Waals surface area contributed by atoms with Crippen LogP contribution in [0.4, 0.5) is 0 Å². The van der Waals surface area contributed by atoms with Crippen LogP contribution in [0.25, 0.3) is 5.76 Å². The monoisotopic (exact) mass is 554 g/mol. The molecule has 5 rings (SSSR count). The normalized spacial score (nSPS) is 27.6. The van der Waals surface area contributed by atoms with Crippen molar-refractivity contribution in [3.05, 3.63) is 92.6 Å². The molecule has 2 aromatic rings. The average Bonchev–Trinajstić information content (AvgIpc) is 2.86. The Bertz CT molecular complexity index is 1570. The zero-order chi connectivity index (χ0) is 30.2. The number of aryl methyl sites for hydroxylation is 3. The van der Waals surface area contributed by atoms with E-state index in [1.807, 2.05) is 33.8 Å². The minimum Gasteiger partial charge on any atom is -0.507 e. The van der Waals surface area contributed by atoms with Crippen LogP contribution in [0.5, 0.6) is 5.75 Å². The van der Waals surface area contributed by atoms with Crippen molar-refractivity contribution in [2.75, 3.05) is 0 Å². The number of allylic oxidation sites excluding steroid dienone is 2. The number of phenolic OH excluding ortho intramolecular Hbond substituents is 1. The van der Waals surface area contributed by atoms with Crippen LogP contribution < -0.4 is 0 Å². The molecular formula is C36H42O5. The number of carbonyl (C=O) groups is 2. The summed E-state index contributed by atoms with van der Waals surface area (Å²) < 4.78 is 0. The predicted molar refractivity (Wildman–Crippen MR) is 162 cm³/mol. The van der Waals surface area contributed by atoms with E-state index in [0.717, 1.165) is 22.3 Å². The summed E-state index contributed by atoms with van der Waals surface area (Å²) in [4.78, 5) is 28.2. The molecule has 3 N–H and O–H groups in total. The molecule has 0 radical (unpaired) electrons. The smallest absolute Gasteiger partial charge is 0.203 e. The minimum atomic E-state index is -2.32. The molecule has 0 unspecified atom stereocenters. The molecule has 3 aliphatic carbocycles. The quantitative estimate of drug-likeness (QED) is 0.346. The molecule has 0 bridgehead atoms. The van der Waals surface area contributed by atoms with Gasteiger partial charge < -0.3 is 15.3 Å². The topological polar surface area (TPSA) is 94.8 Å². The highest BCUT2D eigenvalue weighted by Gasteiger charge is 2.68. The molecule has 0 heterocycles. The van der Waals surface area contributed by atoms with Crippen molar-refractivity contribution < 1.29 is 24.9 Å². The van der Waals surface area contributed by atoms with Crippen LogP contribution in [-0.4, -0.2) is 32.5 Å². The lowest BCUT2D eigenvalue weighted by Crippen LogP contribution is -2.67. The predicted octanol–water partition coefficient (Wildman–Crippen LogP) is 7.02. The number of Topliss-reactive ketones (excluding diaryl/α,β-unsaturated/α-hetero) is 2. The van der Waals surface area contributed by atoms with E-state index in [9.17, 15) is 24.9 Å². The molecule has 0 aromatic heterocycles. The van der Waals surface area contributed by atoms with E-state index < -0.39 is 28.0 Å². The number of phenols is 1. The van der Waals surface area contributed by atoms with Gasteiger partial charge in [-0.1, -0.05) is 75.7 Å². The molecule has 0 aliphatic heterocycles. The number of hydrogen-bond donors (Lipinski definition) is 3. The standard InChI is InChI=1S/C36H42O5/c1-19(2)25-15-24(14-13-23-11-9-21(5)10-12-23)30(37)28-26(25)17-34(7)18-35(8)16-22(6)27(20(3)4)32(39)36(35,41)33(40)29(34)31(28)38/h9-12,15,19,37-38,41H,3,13-14,16-18H2,1-2,4-8H3/t34-,35+,36+/m1/s1. The number of aromatic hydroxyl groups is 1. The Labute approximate surface area is 243 Å². The fraction of sp³-hybridized carbons (Fsp3) is 0.444. The van der Waals surface area contributed by atoms with E-state index in [1.165, 1.54) is 5.56 Å². The average molecular weight is 555 g/mol. The largest absolute Gasteiger partial charge is 0.507 e. The highest BCUT2D eigenvalue weighted by Crippen LogP contribution is 2.62. The van der Waals surface area contributed by atoms with Crippen LogP contribution >= 0.6 is 0 Å². The molecule has 0 saturated heterocycles. The number of carbonyl (C=O) groups excluding carboxylic acids is 2. The number of aliphatic hydroxyl groups excluding tert-OH is 1. The maximum absolute atomic E-state index is 14.4. The molecule has 3 aliphatic rings. The molecular weight excluding hydrogens is 512 g/mol. The van der Waals surface area contributed by atoms with E-state index in [1.54, 1.807) is 6.92 Å². The summed E-state index contributed by atoms with van der Waals surface area (Å²) in [5.74, 6) is -1.64. The molecule has 1 saturated carbocycles. The molecule has 41 heavy (non-hydrogen) atoms. The number of ketones is 2. The van der Waals surface area contributed by atoms with Crippen molar-refractivity contribution >= 4 is 17.3 Å². The van der Waals surface area contributed by atoms with Gasteiger partial charge in [0.25, 0.3) is 0 Å². The first-order valence-electron chi connectivity index (χ1n) is 14.6. The minimum absolute atomic E-state index is 0.0370. The van der Waals surface area contributed by atoms with Crippen molar-refractivity contribution in [1.29, 1.82) is 0 Å². The van der Waals surface area contributed by atoms with Gasteiger partial charge in [-0.3, -0.25) is 9.59 Å². The number of benzene rings is 2. The van der Waals surface area contributed by atoms with Crippen LogP contribution in [-0.2, 0) is 28.9 Å². The lowest BCUT2D eigenvalue weighted by atomic mass is 9.46. The fourth-order valence-corrected chi connectivity index (χ4v) is 8.02. The summed E-state index contributed by atoms with van der Waals surface area (Å²) in [6.07, 6.45) is 2.39. The van der Waals surface area contributed by atoms with Gasteiger partial charge in [-0.25, -0.2) is 0 Å². The van der Waals surface area contributed by atoms with Crippen LogP contribution in [0.2, 0.25) is 0 Å². The summed E-state index contributed by atoms with van der Waals surface area (Å²) in [7, 11) is 0. The number of hydrogen-bond acceptors (Lipinski definition) is 5. The van der Waals surface area contributed by atoms with Gasteiger partial charge >= 0.3 is 0 Å². The van der Waals surface area contributed by atoms with Crippen molar-refractivity contribution in [2.45, 2.75) is 92.1 Å². The molecule has 5 nitrogen and oxygen atoms in total. The number of aliphatic hydroxyl groups is 2. The van der Waals surface area contributed by atoms with Gasteiger partial charge in [0.1, 0.15) is 11.5 Å². The van der Waals surface area contributed by atoms with Crippen LogP contribution in [0.15, 0.2) is 59.2 Å². The van der Waals surface area contributed by atoms with E-state index in [4.69, 9.17) is 0 Å².